The molecule has 0 fully saturated rings. The molecule has 2 rings (SSSR count). The number of hydrogen-bond donors (Lipinski definition) is 0. The van der Waals surface area contributed by atoms with E-state index in [-0.39, 0.29) is 0 Å². The van der Waals surface area contributed by atoms with E-state index in [4.69, 9.17) is 0 Å². The van der Waals surface area contributed by atoms with Crippen molar-refractivity contribution >= 4 is 23.2 Å². The number of thiophene rings is 1. The number of aliphatic imine (C=N–C) groups is 1. The van der Waals surface area contributed by atoms with Gasteiger partial charge in [0.15, 0.2) is 0 Å². The maximum absolute atomic E-state index is 4.20. The highest BCUT2D eigenvalue weighted by molar-refractivity contribution is 7.07. The van der Waals surface area contributed by atoms with E-state index in [2.05, 4.69) is 28.4 Å². The molecule has 2 heterocycles. The summed E-state index contributed by atoms with van der Waals surface area (Å²) in [4.78, 5) is 8.32. The number of fused-ring (bicyclic) bond motifs is 1. The molecule has 0 saturated carbocycles. The third-order valence-electron chi connectivity index (χ3n) is 1.69. The van der Waals surface area contributed by atoms with E-state index in [0.717, 1.165) is 11.2 Å². The molecule has 56 valence electrons. The lowest BCUT2D eigenvalue weighted by Gasteiger charge is -1.88. The number of hydrogen-bond acceptors (Lipinski definition) is 3. The second-order valence-electron chi connectivity index (χ2n) is 2.51. The van der Waals surface area contributed by atoms with Gasteiger partial charge < -0.3 is 0 Å². The minimum Gasteiger partial charge on any atom is -0.269 e. The predicted octanol–water partition coefficient (Wildman–Crippen LogP) is 0.580. The first-order valence-electron chi connectivity index (χ1n) is 3.47. The van der Waals surface area contributed by atoms with Crippen LogP contribution in [-0.2, 0) is 0 Å². The van der Waals surface area contributed by atoms with Crippen LogP contribution in [0.5, 0.6) is 0 Å². The molecule has 0 saturated heterocycles. The normalized spacial score (nSPS) is 15.5. The number of nitrogens with zero attached hydrogens (tertiary/aromatic N) is 2. The molecular formula is C8H8N2S. The fourth-order valence-corrected chi connectivity index (χ4v) is 1.89. The molecule has 1 aliphatic heterocycles. The zero-order chi connectivity index (χ0) is 7.68. The summed E-state index contributed by atoms with van der Waals surface area (Å²) in [5, 5.41) is 3.32. The Morgan fingerprint density at radius 3 is 3.36 bits per heavy atom. The Hall–Kier alpha value is -0.960. The highest BCUT2D eigenvalue weighted by atomic mass is 32.1. The van der Waals surface area contributed by atoms with Crippen LogP contribution < -0.4 is 9.89 Å². The quantitative estimate of drug-likeness (QED) is 0.536. The maximum Gasteiger partial charge on any atom is 0.125 e. The molecule has 0 unspecified atom stereocenters. The van der Waals surface area contributed by atoms with E-state index in [1.807, 2.05) is 0 Å². The average Bonchev–Trinajstić information content (AvgIpc) is 2.40. The molecule has 0 amide bonds. The van der Waals surface area contributed by atoms with Gasteiger partial charge in [0.2, 0.25) is 0 Å². The molecule has 0 aliphatic carbocycles. The largest absolute Gasteiger partial charge is 0.269 e. The molecule has 0 spiro atoms. The lowest BCUT2D eigenvalue weighted by atomic mass is 10.2. The van der Waals surface area contributed by atoms with Crippen LogP contribution >= 0.6 is 11.3 Å². The summed E-state index contributed by atoms with van der Waals surface area (Å²) in [5.41, 5.74) is 1.30. The van der Waals surface area contributed by atoms with Gasteiger partial charge in [-0.05, 0) is 23.9 Å². The van der Waals surface area contributed by atoms with E-state index in [1.54, 1.807) is 17.7 Å². The van der Waals surface area contributed by atoms with E-state index in [0.29, 0.717) is 0 Å². The lowest BCUT2D eigenvalue weighted by Crippen LogP contribution is -2.20. The van der Waals surface area contributed by atoms with Crippen LogP contribution in [0.1, 0.15) is 6.92 Å². The van der Waals surface area contributed by atoms with Gasteiger partial charge in [-0.15, -0.1) is 11.3 Å². The van der Waals surface area contributed by atoms with Crippen molar-refractivity contribution in [1.29, 1.82) is 0 Å². The zero-order valence-electron chi connectivity index (χ0n) is 6.24. The first kappa shape index (κ1) is 6.73. The molecule has 0 atom stereocenters. The summed E-state index contributed by atoms with van der Waals surface area (Å²) in [6, 6.07) is 2.10. The van der Waals surface area contributed by atoms with Crippen molar-refractivity contribution in [3.05, 3.63) is 21.3 Å². The van der Waals surface area contributed by atoms with Crippen LogP contribution in [0.4, 0.5) is 0 Å². The fourth-order valence-electron chi connectivity index (χ4n) is 1.08. The Labute approximate surface area is 68.6 Å². The maximum atomic E-state index is 4.20. The molecule has 0 radical (unpaired) electrons. The molecule has 3 heteroatoms. The fraction of sp³-hybridized carbons (Fsp3) is 0.250. The van der Waals surface area contributed by atoms with Crippen LogP contribution in [0.15, 0.2) is 21.4 Å². The van der Waals surface area contributed by atoms with Crippen molar-refractivity contribution < 1.29 is 0 Å². The summed E-state index contributed by atoms with van der Waals surface area (Å²) in [5.74, 6) is 0. The van der Waals surface area contributed by atoms with E-state index < -0.39 is 0 Å². The monoisotopic (exact) mass is 164 g/mol. The molecule has 11 heavy (non-hydrogen) atoms. The zero-order valence-corrected chi connectivity index (χ0v) is 7.06. The first-order chi connectivity index (χ1) is 5.38. The van der Waals surface area contributed by atoms with E-state index >= 15 is 0 Å². The standard InChI is InChI=1S/C8H8N2S/c1-6-4-9-5-10-8-7(6)2-3-11-8/h2-3,5H,4H2,1H3. The minimum absolute atomic E-state index is 0.785. The lowest BCUT2D eigenvalue weighted by molar-refractivity contribution is 1.25. The third-order valence-corrected chi connectivity index (χ3v) is 2.51. The molecule has 0 bridgehead atoms. The Morgan fingerprint density at radius 2 is 2.45 bits per heavy atom. The van der Waals surface area contributed by atoms with Gasteiger partial charge in [-0.25, -0.2) is 4.99 Å². The van der Waals surface area contributed by atoms with E-state index in [1.165, 1.54) is 10.8 Å². The van der Waals surface area contributed by atoms with Gasteiger partial charge in [-0.3, -0.25) is 4.99 Å². The van der Waals surface area contributed by atoms with Gasteiger partial charge in [0.25, 0.3) is 0 Å². The Bertz CT molecular complexity index is 400. The molecular weight excluding hydrogens is 156 g/mol. The second-order valence-corrected chi connectivity index (χ2v) is 3.40. The minimum atomic E-state index is 0.785. The van der Waals surface area contributed by atoms with Crippen LogP contribution in [-0.4, -0.2) is 12.9 Å². The molecule has 1 aromatic heterocycles. The van der Waals surface area contributed by atoms with Gasteiger partial charge in [0.05, 0.1) is 6.54 Å². The van der Waals surface area contributed by atoms with Crippen molar-refractivity contribution in [3.8, 4) is 0 Å². The van der Waals surface area contributed by atoms with Crippen molar-refractivity contribution in [1.82, 2.24) is 0 Å². The first-order valence-corrected chi connectivity index (χ1v) is 4.35. The van der Waals surface area contributed by atoms with Crippen LogP contribution in [0, 0.1) is 0 Å². The predicted molar refractivity (Wildman–Crippen MR) is 47.5 cm³/mol. The smallest absolute Gasteiger partial charge is 0.125 e. The molecule has 2 nitrogen and oxygen atoms in total. The van der Waals surface area contributed by atoms with Crippen molar-refractivity contribution in [2.45, 2.75) is 6.92 Å². The molecule has 0 aromatic carbocycles. The van der Waals surface area contributed by atoms with Crippen LogP contribution in [0.3, 0.4) is 0 Å². The van der Waals surface area contributed by atoms with Crippen molar-refractivity contribution in [2.24, 2.45) is 9.98 Å². The molecule has 1 aromatic rings. The molecule has 0 N–H and O–H groups in total. The van der Waals surface area contributed by atoms with Gasteiger partial charge >= 0.3 is 0 Å². The summed E-state index contributed by atoms with van der Waals surface area (Å²) < 4.78 is 1.09. The average molecular weight is 164 g/mol. The van der Waals surface area contributed by atoms with Crippen molar-refractivity contribution in [3.63, 3.8) is 0 Å². The topological polar surface area (TPSA) is 24.7 Å². The van der Waals surface area contributed by atoms with Crippen molar-refractivity contribution in [2.75, 3.05) is 6.54 Å². The highest BCUT2D eigenvalue weighted by Crippen LogP contribution is 1.93. The summed E-state index contributed by atoms with van der Waals surface area (Å²) in [7, 11) is 0. The van der Waals surface area contributed by atoms with E-state index in [9.17, 15) is 0 Å². The summed E-state index contributed by atoms with van der Waals surface area (Å²) in [6.07, 6.45) is 1.64. The SMILES string of the molecule is CC1=c2ccsc2=NC=NC1. The Kier molecular flexibility index (Phi) is 1.58. The van der Waals surface area contributed by atoms with Gasteiger partial charge in [-0.1, -0.05) is 0 Å². The highest BCUT2D eigenvalue weighted by Gasteiger charge is 1.96. The summed E-state index contributed by atoms with van der Waals surface area (Å²) >= 11 is 1.66. The molecule has 1 aliphatic rings. The van der Waals surface area contributed by atoms with Crippen LogP contribution in [0.25, 0.3) is 5.57 Å². The Morgan fingerprint density at radius 1 is 1.55 bits per heavy atom. The Balaban J connectivity index is 2.87. The third kappa shape index (κ3) is 1.12. The van der Waals surface area contributed by atoms with Gasteiger partial charge in [-0.2, -0.15) is 0 Å². The second kappa shape index (κ2) is 2.58. The van der Waals surface area contributed by atoms with Gasteiger partial charge in [0, 0.05) is 5.22 Å². The number of rotatable bonds is 0. The summed E-state index contributed by atoms with van der Waals surface area (Å²) in [6.45, 7) is 2.89. The van der Waals surface area contributed by atoms with Crippen LogP contribution in [0.2, 0.25) is 0 Å². The van der Waals surface area contributed by atoms with Gasteiger partial charge in [0.1, 0.15) is 11.0 Å².